The van der Waals surface area contributed by atoms with E-state index in [4.69, 9.17) is 16.3 Å². The van der Waals surface area contributed by atoms with Crippen LogP contribution in [0.15, 0.2) is 53.5 Å². The second-order valence-corrected chi connectivity index (χ2v) is 7.71. The summed E-state index contributed by atoms with van der Waals surface area (Å²) in [7, 11) is 0. The van der Waals surface area contributed by atoms with Gasteiger partial charge < -0.3 is 20.7 Å². The lowest BCUT2D eigenvalue weighted by molar-refractivity contribution is -0.123. The van der Waals surface area contributed by atoms with E-state index < -0.39 is 0 Å². The minimum atomic E-state index is -0.0559. The summed E-state index contributed by atoms with van der Waals surface area (Å²) in [5.74, 6) is 1.43. The normalized spacial score (nSPS) is 13.2. The molecule has 0 aromatic heterocycles. The summed E-state index contributed by atoms with van der Waals surface area (Å²) in [5.41, 5.74) is 2.30. The molecule has 168 valence electrons. The van der Waals surface area contributed by atoms with E-state index in [1.807, 2.05) is 55.5 Å². The lowest BCUT2D eigenvalue weighted by Gasteiger charge is -2.12. The van der Waals surface area contributed by atoms with Crippen molar-refractivity contribution in [3.05, 3.63) is 64.7 Å². The minimum Gasteiger partial charge on any atom is -0.484 e. The monoisotopic (exact) mass is 556 g/mol. The summed E-state index contributed by atoms with van der Waals surface area (Å²) in [6.45, 7) is 4.26. The van der Waals surface area contributed by atoms with Crippen LogP contribution in [-0.2, 0) is 17.8 Å². The van der Waals surface area contributed by atoms with Gasteiger partial charge in [-0.05, 0) is 61.6 Å². The average Bonchev–Trinajstić information content (AvgIpc) is 3.56. The van der Waals surface area contributed by atoms with Crippen LogP contribution in [0.5, 0.6) is 5.75 Å². The van der Waals surface area contributed by atoms with Crippen LogP contribution in [0.25, 0.3) is 0 Å². The first kappa shape index (κ1) is 25.3. The number of hydrogen-bond acceptors (Lipinski definition) is 3. The Morgan fingerprint density at radius 1 is 1.06 bits per heavy atom. The number of nitrogens with zero attached hydrogens (tertiary/aromatic N) is 1. The largest absolute Gasteiger partial charge is 0.484 e. The SMILES string of the molecule is CCNC(=NCc1ccc(Cl)cc1)NCCc1ccc(OCC(=O)NC2CC2)cc1.I. The first-order valence-electron chi connectivity index (χ1n) is 10.4. The Morgan fingerprint density at radius 2 is 1.74 bits per heavy atom. The summed E-state index contributed by atoms with van der Waals surface area (Å²) in [5, 5.41) is 10.3. The van der Waals surface area contributed by atoms with Crippen molar-refractivity contribution in [1.29, 1.82) is 0 Å². The molecule has 0 unspecified atom stereocenters. The quantitative estimate of drug-likeness (QED) is 0.236. The van der Waals surface area contributed by atoms with Gasteiger partial charge in [0.2, 0.25) is 0 Å². The van der Waals surface area contributed by atoms with Gasteiger partial charge in [-0.15, -0.1) is 24.0 Å². The molecular weight excluding hydrogens is 527 g/mol. The van der Waals surface area contributed by atoms with Crippen LogP contribution >= 0.6 is 35.6 Å². The Kier molecular flexibility index (Phi) is 10.9. The zero-order valence-corrected chi connectivity index (χ0v) is 20.8. The van der Waals surface area contributed by atoms with Crippen LogP contribution in [-0.4, -0.2) is 37.6 Å². The molecule has 1 saturated carbocycles. The molecule has 0 bridgehead atoms. The Balaban J connectivity index is 0.00000341. The van der Waals surface area contributed by atoms with Crippen molar-refractivity contribution in [2.45, 2.75) is 38.8 Å². The van der Waals surface area contributed by atoms with Crippen molar-refractivity contribution in [2.75, 3.05) is 19.7 Å². The van der Waals surface area contributed by atoms with E-state index in [1.54, 1.807) is 0 Å². The summed E-state index contributed by atoms with van der Waals surface area (Å²) < 4.78 is 5.54. The highest BCUT2D eigenvalue weighted by Crippen LogP contribution is 2.18. The Labute approximate surface area is 206 Å². The van der Waals surface area contributed by atoms with Crippen LogP contribution < -0.4 is 20.7 Å². The number of guanidine groups is 1. The molecule has 0 heterocycles. The van der Waals surface area contributed by atoms with Crippen molar-refractivity contribution in [3.8, 4) is 5.75 Å². The third-order valence-corrected chi connectivity index (χ3v) is 4.87. The van der Waals surface area contributed by atoms with Gasteiger partial charge in [0.15, 0.2) is 12.6 Å². The predicted molar refractivity (Wildman–Crippen MR) is 136 cm³/mol. The Hall–Kier alpha value is -2.00. The number of rotatable bonds is 10. The molecule has 0 aliphatic heterocycles. The standard InChI is InChI=1S/C23H29ClN4O2.HI/c1-2-25-23(27-15-18-3-7-19(24)8-4-18)26-14-13-17-5-11-21(12-6-17)30-16-22(29)28-20-9-10-20;/h3-8,11-12,20H,2,9-10,13-16H2,1H3,(H,28,29)(H2,25,26,27);1H. The molecule has 3 N–H and O–H groups in total. The molecule has 1 fully saturated rings. The molecule has 1 amide bonds. The van der Waals surface area contributed by atoms with E-state index in [0.717, 1.165) is 48.9 Å². The van der Waals surface area contributed by atoms with Crippen LogP contribution in [0.3, 0.4) is 0 Å². The first-order valence-corrected chi connectivity index (χ1v) is 10.8. The van der Waals surface area contributed by atoms with Crippen LogP contribution in [0.1, 0.15) is 30.9 Å². The minimum absolute atomic E-state index is 0. The van der Waals surface area contributed by atoms with E-state index >= 15 is 0 Å². The van der Waals surface area contributed by atoms with Crippen molar-refractivity contribution in [1.82, 2.24) is 16.0 Å². The molecule has 0 spiro atoms. The maximum absolute atomic E-state index is 11.7. The van der Waals surface area contributed by atoms with Gasteiger partial charge in [0.05, 0.1) is 6.54 Å². The van der Waals surface area contributed by atoms with E-state index in [1.165, 1.54) is 5.56 Å². The van der Waals surface area contributed by atoms with Crippen LogP contribution in [0.4, 0.5) is 0 Å². The first-order chi connectivity index (χ1) is 14.6. The van der Waals surface area contributed by atoms with Crippen LogP contribution in [0, 0.1) is 0 Å². The van der Waals surface area contributed by atoms with Gasteiger partial charge in [-0.1, -0.05) is 35.9 Å². The van der Waals surface area contributed by atoms with Gasteiger partial charge in [0, 0.05) is 24.2 Å². The fourth-order valence-electron chi connectivity index (χ4n) is 2.83. The third-order valence-electron chi connectivity index (χ3n) is 4.62. The number of ether oxygens (including phenoxy) is 1. The zero-order valence-electron chi connectivity index (χ0n) is 17.7. The molecule has 2 aromatic carbocycles. The van der Waals surface area contributed by atoms with E-state index in [-0.39, 0.29) is 36.5 Å². The summed E-state index contributed by atoms with van der Waals surface area (Å²) in [6.07, 6.45) is 3.01. The number of hydrogen-bond donors (Lipinski definition) is 3. The number of amides is 1. The van der Waals surface area contributed by atoms with Crippen molar-refractivity contribution in [2.24, 2.45) is 4.99 Å². The number of halogens is 2. The van der Waals surface area contributed by atoms with Gasteiger partial charge in [-0.3, -0.25) is 4.79 Å². The number of carbonyl (C=O) groups excluding carboxylic acids is 1. The average molecular weight is 557 g/mol. The molecule has 2 aromatic rings. The maximum atomic E-state index is 11.7. The highest BCUT2D eigenvalue weighted by Gasteiger charge is 2.23. The molecule has 3 rings (SSSR count). The van der Waals surface area contributed by atoms with E-state index in [2.05, 4.69) is 20.9 Å². The number of benzene rings is 2. The topological polar surface area (TPSA) is 74.8 Å². The lowest BCUT2D eigenvalue weighted by atomic mass is 10.1. The van der Waals surface area contributed by atoms with E-state index in [0.29, 0.717) is 18.3 Å². The van der Waals surface area contributed by atoms with Crippen molar-refractivity contribution in [3.63, 3.8) is 0 Å². The van der Waals surface area contributed by atoms with Gasteiger partial charge in [-0.25, -0.2) is 4.99 Å². The summed E-state index contributed by atoms with van der Waals surface area (Å²) in [6, 6.07) is 15.9. The van der Waals surface area contributed by atoms with Gasteiger partial charge >= 0.3 is 0 Å². The number of carbonyl (C=O) groups is 1. The smallest absolute Gasteiger partial charge is 0.258 e. The highest BCUT2D eigenvalue weighted by molar-refractivity contribution is 14.0. The molecule has 1 aliphatic rings. The molecule has 0 atom stereocenters. The second kappa shape index (κ2) is 13.4. The highest BCUT2D eigenvalue weighted by atomic mass is 127. The Morgan fingerprint density at radius 3 is 2.39 bits per heavy atom. The molecule has 1 aliphatic carbocycles. The van der Waals surface area contributed by atoms with Crippen molar-refractivity contribution < 1.29 is 9.53 Å². The molecule has 0 radical (unpaired) electrons. The van der Waals surface area contributed by atoms with Gasteiger partial charge in [0.25, 0.3) is 5.91 Å². The predicted octanol–water partition coefficient (Wildman–Crippen LogP) is 3.91. The fraction of sp³-hybridized carbons (Fsp3) is 0.391. The van der Waals surface area contributed by atoms with Crippen molar-refractivity contribution >= 4 is 47.4 Å². The third kappa shape index (κ3) is 9.78. The maximum Gasteiger partial charge on any atom is 0.258 e. The molecule has 31 heavy (non-hydrogen) atoms. The fourth-order valence-corrected chi connectivity index (χ4v) is 2.95. The summed E-state index contributed by atoms with van der Waals surface area (Å²) >= 11 is 5.93. The van der Waals surface area contributed by atoms with Gasteiger partial charge in [0.1, 0.15) is 5.75 Å². The molecule has 8 heteroatoms. The molecular formula is C23H30ClIN4O2. The second-order valence-electron chi connectivity index (χ2n) is 7.27. The zero-order chi connectivity index (χ0) is 21.2. The van der Waals surface area contributed by atoms with Gasteiger partial charge in [-0.2, -0.15) is 0 Å². The van der Waals surface area contributed by atoms with Crippen LogP contribution in [0.2, 0.25) is 5.02 Å². The molecule has 0 saturated heterocycles. The Bertz CT molecular complexity index is 840. The summed E-state index contributed by atoms with van der Waals surface area (Å²) in [4.78, 5) is 16.3. The lowest BCUT2D eigenvalue weighted by Crippen LogP contribution is -2.38. The number of nitrogens with one attached hydrogen (secondary N) is 3. The molecule has 6 nitrogen and oxygen atoms in total. The van der Waals surface area contributed by atoms with E-state index in [9.17, 15) is 4.79 Å². The number of aliphatic imine (C=N–C) groups is 1.